The summed E-state index contributed by atoms with van der Waals surface area (Å²) in [6.07, 6.45) is 5.99. The van der Waals surface area contributed by atoms with Gasteiger partial charge in [-0.2, -0.15) is 0 Å². The maximum Gasteiger partial charge on any atom is 0.123 e. The number of nitrogens with one attached hydrogen (secondary N) is 1. The third-order valence-electron chi connectivity index (χ3n) is 4.36. The molecule has 1 aliphatic rings. The average Bonchev–Trinajstić information content (AvgIpc) is 2.39. The summed E-state index contributed by atoms with van der Waals surface area (Å²) in [7, 11) is 2.00. The van der Waals surface area contributed by atoms with Crippen molar-refractivity contribution in [1.82, 2.24) is 5.32 Å². The standard InChI is InChI=1S/C16H23ClFN/c1-11-4-3-5-12(8-11)16(19-2)10-13-9-14(18)6-7-15(13)17/h6-7,9,11-12,16,19H,3-5,8,10H2,1-2H3. The summed E-state index contributed by atoms with van der Waals surface area (Å²) in [4.78, 5) is 0. The van der Waals surface area contributed by atoms with Gasteiger partial charge in [0.1, 0.15) is 5.82 Å². The van der Waals surface area contributed by atoms with Gasteiger partial charge in [0, 0.05) is 11.1 Å². The molecule has 0 radical (unpaired) electrons. The van der Waals surface area contributed by atoms with Gasteiger partial charge in [-0.25, -0.2) is 4.39 Å². The largest absolute Gasteiger partial charge is 0.316 e. The number of hydrogen-bond acceptors (Lipinski definition) is 1. The Bertz CT molecular complexity index is 421. The first-order chi connectivity index (χ1) is 9.10. The lowest BCUT2D eigenvalue weighted by Gasteiger charge is -2.33. The second kappa shape index (κ2) is 6.71. The van der Waals surface area contributed by atoms with E-state index in [1.807, 2.05) is 7.05 Å². The summed E-state index contributed by atoms with van der Waals surface area (Å²) in [5, 5.41) is 4.08. The Labute approximate surface area is 120 Å². The highest BCUT2D eigenvalue weighted by Gasteiger charge is 2.26. The highest BCUT2D eigenvalue weighted by molar-refractivity contribution is 6.31. The molecule has 3 atom stereocenters. The molecule has 106 valence electrons. The summed E-state index contributed by atoms with van der Waals surface area (Å²) in [5.41, 5.74) is 0.916. The summed E-state index contributed by atoms with van der Waals surface area (Å²) in [6, 6.07) is 5.03. The minimum Gasteiger partial charge on any atom is -0.316 e. The van der Waals surface area contributed by atoms with E-state index in [1.54, 1.807) is 12.1 Å². The third-order valence-corrected chi connectivity index (χ3v) is 4.73. The van der Waals surface area contributed by atoms with Crippen molar-refractivity contribution in [1.29, 1.82) is 0 Å². The Hall–Kier alpha value is -0.600. The normalized spacial score (nSPS) is 25.3. The molecular weight excluding hydrogens is 261 g/mol. The van der Waals surface area contributed by atoms with Crippen LogP contribution in [0.2, 0.25) is 5.02 Å². The zero-order valence-corrected chi connectivity index (χ0v) is 12.5. The third kappa shape index (κ3) is 3.93. The molecule has 1 aromatic carbocycles. The van der Waals surface area contributed by atoms with Gasteiger partial charge in [-0.3, -0.25) is 0 Å². The molecule has 19 heavy (non-hydrogen) atoms. The van der Waals surface area contributed by atoms with Gasteiger partial charge in [0.05, 0.1) is 0 Å². The van der Waals surface area contributed by atoms with Gasteiger partial charge in [0.2, 0.25) is 0 Å². The molecular formula is C16H23ClFN. The van der Waals surface area contributed by atoms with E-state index in [2.05, 4.69) is 12.2 Å². The molecule has 1 N–H and O–H groups in total. The first-order valence-electron chi connectivity index (χ1n) is 7.21. The van der Waals surface area contributed by atoms with Gasteiger partial charge < -0.3 is 5.32 Å². The van der Waals surface area contributed by atoms with Gasteiger partial charge in [-0.1, -0.05) is 31.4 Å². The molecule has 1 nitrogen and oxygen atoms in total. The Balaban J connectivity index is 2.07. The van der Waals surface area contributed by atoms with Crippen molar-refractivity contribution in [2.24, 2.45) is 11.8 Å². The average molecular weight is 284 g/mol. The SMILES string of the molecule is CNC(Cc1cc(F)ccc1Cl)C1CCCC(C)C1. The Morgan fingerprint density at radius 1 is 1.42 bits per heavy atom. The van der Waals surface area contributed by atoms with Crippen LogP contribution in [0, 0.1) is 17.7 Å². The van der Waals surface area contributed by atoms with Crippen molar-refractivity contribution < 1.29 is 4.39 Å². The number of rotatable bonds is 4. The molecule has 3 unspecified atom stereocenters. The van der Waals surface area contributed by atoms with E-state index in [0.29, 0.717) is 17.0 Å². The van der Waals surface area contributed by atoms with Crippen LogP contribution in [-0.4, -0.2) is 13.1 Å². The second-order valence-corrected chi connectivity index (χ2v) is 6.27. The van der Waals surface area contributed by atoms with Crippen molar-refractivity contribution in [2.75, 3.05) is 7.05 Å². The number of halogens is 2. The molecule has 1 fully saturated rings. The van der Waals surface area contributed by atoms with Crippen LogP contribution in [0.15, 0.2) is 18.2 Å². The molecule has 1 aliphatic carbocycles. The lowest BCUT2D eigenvalue weighted by atomic mass is 9.77. The molecule has 0 amide bonds. The molecule has 0 aromatic heterocycles. The van der Waals surface area contributed by atoms with Crippen molar-refractivity contribution >= 4 is 11.6 Å². The second-order valence-electron chi connectivity index (χ2n) is 5.87. The van der Waals surface area contributed by atoms with Gasteiger partial charge in [-0.05, 0) is 61.9 Å². The summed E-state index contributed by atoms with van der Waals surface area (Å²) in [5.74, 6) is 1.27. The van der Waals surface area contributed by atoms with Crippen LogP contribution in [-0.2, 0) is 6.42 Å². The van der Waals surface area contributed by atoms with E-state index in [4.69, 9.17) is 11.6 Å². The lowest BCUT2D eigenvalue weighted by Crippen LogP contribution is -2.38. The minimum atomic E-state index is -0.203. The molecule has 2 rings (SSSR count). The summed E-state index contributed by atoms with van der Waals surface area (Å²) < 4.78 is 13.3. The predicted molar refractivity (Wildman–Crippen MR) is 79.1 cm³/mol. The molecule has 3 heteroatoms. The first kappa shape index (κ1) is 14.8. The quantitative estimate of drug-likeness (QED) is 0.862. The molecule has 0 heterocycles. The Morgan fingerprint density at radius 2 is 2.21 bits per heavy atom. The van der Waals surface area contributed by atoms with Gasteiger partial charge in [-0.15, -0.1) is 0 Å². The lowest BCUT2D eigenvalue weighted by molar-refractivity contribution is 0.227. The minimum absolute atomic E-state index is 0.203. The maximum atomic E-state index is 13.3. The fraction of sp³-hybridized carbons (Fsp3) is 0.625. The zero-order valence-electron chi connectivity index (χ0n) is 11.8. The summed E-state index contributed by atoms with van der Waals surface area (Å²) in [6.45, 7) is 2.33. The highest BCUT2D eigenvalue weighted by Crippen LogP contribution is 2.32. The van der Waals surface area contributed by atoms with Crippen molar-refractivity contribution in [3.05, 3.63) is 34.6 Å². The van der Waals surface area contributed by atoms with Crippen LogP contribution in [0.4, 0.5) is 4.39 Å². The zero-order chi connectivity index (χ0) is 13.8. The van der Waals surface area contributed by atoms with E-state index < -0.39 is 0 Å². The molecule has 0 spiro atoms. The van der Waals surface area contributed by atoms with E-state index in [-0.39, 0.29) is 5.82 Å². The monoisotopic (exact) mass is 283 g/mol. The first-order valence-corrected chi connectivity index (χ1v) is 7.59. The molecule has 0 bridgehead atoms. The fourth-order valence-electron chi connectivity index (χ4n) is 3.29. The molecule has 0 aliphatic heterocycles. The van der Waals surface area contributed by atoms with Crippen LogP contribution < -0.4 is 5.32 Å². The molecule has 0 saturated heterocycles. The topological polar surface area (TPSA) is 12.0 Å². The number of likely N-dealkylation sites (N-methyl/N-ethyl adjacent to an activating group) is 1. The van der Waals surface area contributed by atoms with E-state index in [1.165, 1.54) is 31.7 Å². The Morgan fingerprint density at radius 3 is 2.89 bits per heavy atom. The maximum absolute atomic E-state index is 13.3. The van der Waals surface area contributed by atoms with Crippen molar-refractivity contribution in [3.63, 3.8) is 0 Å². The van der Waals surface area contributed by atoms with E-state index in [9.17, 15) is 4.39 Å². The molecule has 1 aromatic rings. The van der Waals surface area contributed by atoms with Crippen molar-refractivity contribution in [2.45, 2.75) is 45.1 Å². The van der Waals surface area contributed by atoms with Crippen LogP contribution in [0.5, 0.6) is 0 Å². The highest BCUT2D eigenvalue weighted by atomic mass is 35.5. The van der Waals surface area contributed by atoms with Crippen LogP contribution >= 0.6 is 11.6 Å². The fourth-order valence-corrected chi connectivity index (χ4v) is 3.48. The smallest absolute Gasteiger partial charge is 0.123 e. The van der Waals surface area contributed by atoms with Crippen LogP contribution in [0.3, 0.4) is 0 Å². The van der Waals surface area contributed by atoms with Gasteiger partial charge >= 0.3 is 0 Å². The summed E-state index contributed by atoms with van der Waals surface area (Å²) >= 11 is 6.17. The van der Waals surface area contributed by atoms with Crippen molar-refractivity contribution in [3.8, 4) is 0 Å². The number of benzene rings is 1. The molecule has 1 saturated carbocycles. The van der Waals surface area contributed by atoms with Gasteiger partial charge in [0.15, 0.2) is 0 Å². The van der Waals surface area contributed by atoms with Gasteiger partial charge in [0.25, 0.3) is 0 Å². The Kier molecular flexibility index (Phi) is 5.23. The predicted octanol–water partition coefficient (Wildman–Crippen LogP) is 4.44. The van der Waals surface area contributed by atoms with Crippen LogP contribution in [0.1, 0.15) is 38.2 Å². The number of hydrogen-bond donors (Lipinski definition) is 1. The van der Waals surface area contributed by atoms with E-state index in [0.717, 1.165) is 17.9 Å². The van der Waals surface area contributed by atoms with Crippen LogP contribution in [0.25, 0.3) is 0 Å². The van der Waals surface area contributed by atoms with E-state index >= 15 is 0 Å².